The number of phosphoric acid groups is 1. The summed E-state index contributed by atoms with van der Waals surface area (Å²) >= 11 is 0. The molecule has 0 aliphatic heterocycles. The van der Waals surface area contributed by atoms with Gasteiger partial charge in [0.25, 0.3) is 7.82 Å². The second kappa shape index (κ2) is 65.4. The van der Waals surface area contributed by atoms with Crippen LogP contribution in [0.25, 0.3) is 0 Å². The zero-order valence-corrected chi connectivity index (χ0v) is 57.3. The Morgan fingerprint density at radius 2 is 0.643 bits per heavy atom. The minimum absolute atomic E-state index is 0.0288. The highest BCUT2D eigenvalue weighted by Crippen LogP contribution is 2.38. The fourth-order valence-corrected chi connectivity index (χ4v) is 11.5. The first kappa shape index (κ1) is 82.0. The van der Waals surface area contributed by atoms with Crippen LogP contribution < -0.4 is 4.89 Å². The lowest BCUT2D eigenvalue weighted by molar-refractivity contribution is -0.870. The summed E-state index contributed by atoms with van der Waals surface area (Å²) in [6.07, 6.45) is 84.9. The van der Waals surface area contributed by atoms with Crippen molar-refractivity contribution in [1.29, 1.82) is 0 Å². The monoisotopic (exact) mass is 1200 g/mol. The van der Waals surface area contributed by atoms with Gasteiger partial charge in [0, 0.05) is 12.8 Å². The first-order valence-electron chi connectivity index (χ1n) is 36.3. The molecule has 9 nitrogen and oxygen atoms in total. The van der Waals surface area contributed by atoms with Gasteiger partial charge in [0.15, 0.2) is 6.10 Å². The lowest BCUT2D eigenvalue weighted by Crippen LogP contribution is -2.37. The van der Waals surface area contributed by atoms with Crippen LogP contribution in [-0.2, 0) is 32.7 Å². The molecule has 0 aromatic rings. The van der Waals surface area contributed by atoms with E-state index in [2.05, 4.69) is 62.5 Å². The maximum absolute atomic E-state index is 12.9. The van der Waals surface area contributed by atoms with Crippen LogP contribution in [0.2, 0.25) is 0 Å². The molecule has 0 rings (SSSR count). The van der Waals surface area contributed by atoms with Gasteiger partial charge < -0.3 is 27.9 Å². The first-order valence-corrected chi connectivity index (χ1v) is 37.8. The van der Waals surface area contributed by atoms with Crippen molar-refractivity contribution in [2.24, 2.45) is 0 Å². The van der Waals surface area contributed by atoms with E-state index >= 15 is 0 Å². The quantitative estimate of drug-likeness (QED) is 0.0195. The summed E-state index contributed by atoms with van der Waals surface area (Å²) in [6.45, 7) is 4.28. The molecule has 0 bridgehead atoms. The number of phosphoric ester groups is 1. The normalized spacial score (nSPS) is 13.4. The van der Waals surface area contributed by atoms with Gasteiger partial charge >= 0.3 is 11.9 Å². The number of hydrogen-bond donors (Lipinski definition) is 0. The van der Waals surface area contributed by atoms with Gasteiger partial charge in [-0.3, -0.25) is 14.2 Å². The van der Waals surface area contributed by atoms with E-state index in [0.29, 0.717) is 17.4 Å². The summed E-state index contributed by atoms with van der Waals surface area (Å²) in [5.74, 6) is -0.814. The lowest BCUT2D eigenvalue weighted by Gasteiger charge is -2.28. The molecule has 0 heterocycles. The van der Waals surface area contributed by atoms with E-state index in [9.17, 15) is 19.0 Å². The fourth-order valence-electron chi connectivity index (χ4n) is 10.7. The van der Waals surface area contributed by atoms with Crippen molar-refractivity contribution >= 4 is 19.8 Å². The molecular weight excluding hydrogens is 1060 g/mol. The Morgan fingerprint density at radius 3 is 0.940 bits per heavy atom. The minimum atomic E-state index is -4.64. The van der Waals surface area contributed by atoms with Crippen LogP contribution in [-0.4, -0.2) is 70.0 Å². The van der Waals surface area contributed by atoms with Crippen LogP contribution >= 0.6 is 7.82 Å². The number of hydrogen-bond acceptors (Lipinski definition) is 8. The van der Waals surface area contributed by atoms with Gasteiger partial charge in [0.1, 0.15) is 19.8 Å². The molecule has 0 aromatic heterocycles. The van der Waals surface area contributed by atoms with Crippen molar-refractivity contribution in [2.75, 3.05) is 47.5 Å². The summed E-state index contributed by atoms with van der Waals surface area (Å²) in [5.41, 5.74) is 0. The number of quaternary nitrogens is 1. The summed E-state index contributed by atoms with van der Waals surface area (Å²) in [7, 11) is 1.18. The third kappa shape index (κ3) is 69.1. The van der Waals surface area contributed by atoms with E-state index < -0.39 is 26.5 Å². The van der Waals surface area contributed by atoms with Gasteiger partial charge in [-0.15, -0.1) is 0 Å². The third-order valence-electron chi connectivity index (χ3n) is 16.3. The number of unbranched alkanes of at least 4 members (excludes halogenated alkanes) is 46. The Labute approximate surface area is 522 Å². The molecule has 0 aromatic carbocycles. The Morgan fingerprint density at radius 1 is 0.369 bits per heavy atom. The Bertz CT molecular complexity index is 1560. The zero-order chi connectivity index (χ0) is 61.2. The van der Waals surface area contributed by atoms with Gasteiger partial charge in [-0.25, -0.2) is 0 Å². The highest BCUT2D eigenvalue weighted by Gasteiger charge is 2.22. The van der Waals surface area contributed by atoms with E-state index in [-0.39, 0.29) is 32.0 Å². The molecular formula is C74H140NO8P. The number of allylic oxidation sites excluding steroid dienone is 8. The molecule has 0 saturated carbocycles. The summed E-state index contributed by atoms with van der Waals surface area (Å²) < 4.78 is 34.4. The van der Waals surface area contributed by atoms with Crippen molar-refractivity contribution in [2.45, 2.75) is 367 Å². The van der Waals surface area contributed by atoms with Crippen LogP contribution in [0.3, 0.4) is 0 Å². The Balaban J connectivity index is 3.98. The van der Waals surface area contributed by atoms with E-state index in [4.69, 9.17) is 18.5 Å². The molecule has 2 atom stereocenters. The van der Waals surface area contributed by atoms with Crippen molar-refractivity contribution in [3.63, 3.8) is 0 Å². The number of rotatable bonds is 68. The predicted octanol–water partition coefficient (Wildman–Crippen LogP) is 23.0. The van der Waals surface area contributed by atoms with Crippen LogP contribution in [0, 0.1) is 0 Å². The molecule has 0 aliphatic rings. The number of carbonyl (C=O) groups is 2. The molecule has 0 spiro atoms. The van der Waals surface area contributed by atoms with Crippen molar-refractivity contribution < 1.29 is 42.1 Å². The fraction of sp³-hybridized carbons (Fsp3) is 0.865. The number of likely N-dealkylation sites (N-methyl/N-ethyl adjacent to an activating group) is 1. The van der Waals surface area contributed by atoms with Crippen LogP contribution in [0.5, 0.6) is 0 Å². The van der Waals surface area contributed by atoms with Crippen molar-refractivity contribution in [3.8, 4) is 0 Å². The molecule has 2 unspecified atom stereocenters. The van der Waals surface area contributed by atoms with E-state index in [1.165, 1.54) is 283 Å². The van der Waals surface area contributed by atoms with E-state index in [1.54, 1.807) is 0 Å². The molecule has 0 amide bonds. The van der Waals surface area contributed by atoms with Gasteiger partial charge in [-0.2, -0.15) is 0 Å². The SMILES string of the molecule is CCCCCCC/C=C\C/C=C\CCCCCCCCCCCCCCCCCCCCCCCC(=O)OC(COC(=O)CCCCCCCCCCCCCCCCC/C=C\C/C=C\CCCCCCC)COP(=O)([O-])OCC[N+](C)(C)C. The maximum atomic E-state index is 12.9. The average molecular weight is 1200 g/mol. The van der Waals surface area contributed by atoms with Crippen molar-refractivity contribution in [3.05, 3.63) is 48.6 Å². The summed E-state index contributed by atoms with van der Waals surface area (Å²) in [5, 5.41) is 0. The number of nitrogens with zero attached hydrogens (tertiary/aromatic N) is 1. The predicted molar refractivity (Wildman–Crippen MR) is 360 cm³/mol. The minimum Gasteiger partial charge on any atom is -0.756 e. The molecule has 10 heteroatoms. The largest absolute Gasteiger partial charge is 0.756 e. The van der Waals surface area contributed by atoms with Gasteiger partial charge in [-0.05, 0) is 77.0 Å². The Hall–Kier alpha value is -2.03. The van der Waals surface area contributed by atoms with Crippen LogP contribution in [0.1, 0.15) is 361 Å². The second-order valence-electron chi connectivity index (χ2n) is 26.0. The Kier molecular flexibility index (Phi) is 63.8. The highest BCUT2D eigenvalue weighted by atomic mass is 31.2. The zero-order valence-electron chi connectivity index (χ0n) is 56.4. The van der Waals surface area contributed by atoms with E-state index in [1.807, 2.05) is 21.1 Å². The second-order valence-corrected chi connectivity index (χ2v) is 27.4. The standard InChI is InChI=1S/C74H140NO8P/c1-6-8-10-12-14-16-18-20-22-24-26-28-30-32-34-35-36-37-38-39-41-43-45-47-49-51-53-55-57-59-61-63-65-67-74(77)83-72(71-82-84(78,79)81-69-68-75(3,4)5)70-80-73(76)66-64-62-60-58-56-54-52-50-48-46-44-42-40-33-31-29-27-25-23-21-19-17-15-13-11-9-7-2/h18-21,24-27,72H,6-17,22-23,28-71H2,1-5H3/b20-18-,21-19-,26-24-,27-25-. The van der Waals surface area contributed by atoms with Gasteiger partial charge in [0.05, 0.1) is 27.7 Å². The number of ether oxygens (including phenoxy) is 2. The maximum Gasteiger partial charge on any atom is 0.306 e. The molecule has 0 fully saturated rings. The molecule has 0 radical (unpaired) electrons. The number of esters is 2. The highest BCUT2D eigenvalue weighted by molar-refractivity contribution is 7.45. The molecule has 0 saturated heterocycles. The van der Waals surface area contributed by atoms with Crippen molar-refractivity contribution in [1.82, 2.24) is 0 Å². The molecule has 0 N–H and O–H groups in total. The third-order valence-corrected chi connectivity index (χ3v) is 17.3. The smallest absolute Gasteiger partial charge is 0.306 e. The first-order chi connectivity index (χ1) is 41.0. The van der Waals surface area contributed by atoms with E-state index in [0.717, 1.165) is 44.9 Å². The number of carbonyl (C=O) groups excluding carboxylic acids is 2. The average Bonchev–Trinajstić information content (AvgIpc) is 3.61. The van der Waals surface area contributed by atoms with Crippen LogP contribution in [0.15, 0.2) is 48.6 Å². The topological polar surface area (TPSA) is 111 Å². The molecule has 494 valence electrons. The summed E-state index contributed by atoms with van der Waals surface area (Å²) in [4.78, 5) is 38.1. The van der Waals surface area contributed by atoms with Gasteiger partial charge in [0.2, 0.25) is 0 Å². The summed E-state index contributed by atoms with van der Waals surface area (Å²) in [6, 6.07) is 0. The van der Waals surface area contributed by atoms with Gasteiger partial charge in [-0.1, -0.05) is 319 Å². The molecule has 84 heavy (non-hydrogen) atoms. The lowest BCUT2D eigenvalue weighted by atomic mass is 10.0. The van der Waals surface area contributed by atoms with Crippen LogP contribution in [0.4, 0.5) is 0 Å². The molecule has 0 aliphatic carbocycles.